The Morgan fingerprint density at radius 2 is 1.69 bits per heavy atom. The first-order valence-electron chi connectivity index (χ1n) is 10.2. The first-order valence-corrected chi connectivity index (χ1v) is 11.0. The number of amides is 1. The van der Waals surface area contributed by atoms with Crippen LogP contribution in [0.3, 0.4) is 0 Å². The van der Waals surface area contributed by atoms with Gasteiger partial charge in [-0.3, -0.25) is 4.79 Å². The van der Waals surface area contributed by atoms with Crippen molar-refractivity contribution in [3.8, 4) is 16.9 Å². The average Bonchev–Trinajstić information content (AvgIpc) is 3.23. The molecule has 3 aromatic carbocycles. The van der Waals surface area contributed by atoms with Gasteiger partial charge in [0, 0.05) is 39.7 Å². The van der Waals surface area contributed by atoms with E-state index in [9.17, 15) is 22.8 Å². The number of halogens is 5. The van der Waals surface area contributed by atoms with Crippen LogP contribution in [0.15, 0.2) is 60.7 Å². The molecular weight excluding hydrogens is 508 g/mol. The Morgan fingerprint density at radius 3 is 2.34 bits per heavy atom. The Morgan fingerprint density at radius 1 is 1.00 bits per heavy atom. The van der Waals surface area contributed by atoms with Gasteiger partial charge in [-0.2, -0.15) is 18.7 Å². The molecule has 1 atom stereocenters. The number of rotatable bonds is 4. The van der Waals surface area contributed by atoms with Crippen LogP contribution < -0.4 is 16.0 Å². The quantitative estimate of drug-likeness (QED) is 0.457. The highest BCUT2D eigenvalue weighted by molar-refractivity contribution is 6.37. The molecule has 0 fully saturated rings. The van der Waals surface area contributed by atoms with Gasteiger partial charge in [-0.15, -0.1) is 0 Å². The number of carbonyl (C=O) groups excluding carboxylic acids is 2. The van der Waals surface area contributed by atoms with Crippen LogP contribution in [-0.2, 0) is 21.7 Å². The maximum atomic E-state index is 12.7. The van der Waals surface area contributed by atoms with Crippen molar-refractivity contribution in [2.45, 2.75) is 18.2 Å². The van der Waals surface area contributed by atoms with E-state index in [-0.39, 0.29) is 34.1 Å². The van der Waals surface area contributed by atoms with Crippen LogP contribution in [0.5, 0.6) is 5.75 Å². The minimum atomic E-state index is -5.28. The highest BCUT2D eigenvalue weighted by atomic mass is 35.5. The lowest BCUT2D eigenvalue weighted by Crippen LogP contribution is -2.39. The summed E-state index contributed by atoms with van der Waals surface area (Å²) in [5.41, 5.74) is 8.52. The van der Waals surface area contributed by atoms with Gasteiger partial charge in [0.2, 0.25) is 0 Å². The van der Waals surface area contributed by atoms with Crippen molar-refractivity contribution < 1.29 is 32.3 Å². The number of nitrogens with one attached hydrogen (secondary N) is 1. The number of fused-ring (bicyclic) bond motifs is 1. The van der Waals surface area contributed by atoms with Crippen LogP contribution in [0.25, 0.3) is 11.1 Å². The lowest BCUT2D eigenvalue weighted by atomic mass is 9.85. The van der Waals surface area contributed by atoms with Crippen molar-refractivity contribution in [2.75, 3.05) is 6.54 Å². The van der Waals surface area contributed by atoms with Gasteiger partial charge in [-0.25, -0.2) is 4.79 Å². The molecule has 0 radical (unpaired) electrons. The zero-order valence-electron chi connectivity index (χ0n) is 17.8. The predicted molar refractivity (Wildman–Crippen MR) is 123 cm³/mol. The number of carbonyl (C=O) groups is 2. The Balaban J connectivity index is 1.78. The minimum Gasteiger partial charge on any atom is -0.481 e. The van der Waals surface area contributed by atoms with E-state index in [2.05, 4.69) is 4.84 Å². The van der Waals surface area contributed by atoms with Crippen molar-refractivity contribution in [2.24, 2.45) is 5.73 Å². The fraction of sp³-hybridized carbons (Fsp3) is 0.167. The number of hydrogen-bond acceptors (Lipinski definition) is 5. The van der Waals surface area contributed by atoms with E-state index in [0.29, 0.717) is 16.9 Å². The zero-order chi connectivity index (χ0) is 25.4. The first kappa shape index (κ1) is 24.8. The van der Waals surface area contributed by atoms with Crippen molar-refractivity contribution >= 4 is 35.1 Å². The largest absolute Gasteiger partial charge is 0.493 e. The van der Waals surface area contributed by atoms with E-state index < -0.39 is 23.7 Å². The van der Waals surface area contributed by atoms with Gasteiger partial charge in [-0.05, 0) is 29.8 Å². The Bertz CT molecular complexity index is 1300. The topological polar surface area (TPSA) is 90.7 Å². The standard InChI is InChI=1S/C24H17Cl2F3N2O4/c25-16-8-4-7-14(21(32)31-35-22(33)24(27,28)29)19(16)20-15-11-23(12-30,13-5-2-1-3-6-13)34-18(15)10-9-17(20)26/h1-10H,11-12,30H2,(H,31,32). The van der Waals surface area contributed by atoms with Gasteiger partial charge in [0.15, 0.2) is 5.60 Å². The Kier molecular flexibility index (Phi) is 6.68. The highest BCUT2D eigenvalue weighted by Crippen LogP contribution is 2.49. The van der Waals surface area contributed by atoms with Crippen LogP contribution in [0.4, 0.5) is 13.2 Å². The smallest absolute Gasteiger partial charge is 0.481 e. The van der Waals surface area contributed by atoms with Crippen molar-refractivity contribution in [3.05, 3.63) is 87.4 Å². The second-order valence-electron chi connectivity index (χ2n) is 7.72. The van der Waals surface area contributed by atoms with Gasteiger partial charge >= 0.3 is 12.1 Å². The summed E-state index contributed by atoms with van der Waals surface area (Å²) in [7, 11) is 0. The van der Waals surface area contributed by atoms with Crippen molar-refractivity contribution in [3.63, 3.8) is 0 Å². The van der Waals surface area contributed by atoms with Gasteiger partial charge in [0.25, 0.3) is 5.91 Å². The molecule has 0 saturated carbocycles. The highest BCUT2D eigenvalue weighted by Gasteiger charge is 2.43. The summed E-state index contributed by atoms with van der Waals surface area (Å²) in [6.07, 6.45) is -5.00. The zero-order valence-corrected chi connectivity index (χ0v) is 19.3. The molecule has 182 valence electrons. The summed E-state index contributed by atoms with van der Waals surface area (Å²) in [6, 6.07) is 16.8. The molecule has 0 aliphatic carbocycles. The van der Waals surface area contributed by atoms with Crippen LogP contribution in [0.2, 0.25) is 10.0 Å². The van der Waals surface area contributed by atoms with Crippen LogP contribution >= 0.6 is 23.2 Å². The van der Waals surface area contributed by atoms with Crippen LogP contribution in [0, 0.1) is 0 Å². The molecule has 1 heterocycles. The lowest BCUT2D eigenvalue weighted by molar-refractivity contribution is -0.204. The molecule has 3 aromatic rings. The fourth-order valence-corrected chi connectivity index (χ4v) is 4.52. The molecule has 6 nitrogen and oxygen atoms in total. The number of ether oxygens (including phenoxy) is 1. The van der Waals surface area contributed by atoms with Crippen molar-refractivity contribution in [1.29, 1.82) is 0 Å². The van der Waals surface area contributed by atoms with E-state index in [1.165, 1.54) is 23.7 Å². The van der Waals surface area contributed by atoms with E-state index >= 15 is 0 Å². The number of benzene rings is 3. The number of hydroxylamine groups is 1. The Hall–Kier alpha value is -3.27. The molecule has 0 aromatic heterocycles. The molecule has 1 amide bonds. The van der Waals surface area contributed by atoms with Crippen LogP contribution in [0.1, 0.15) is 21.5 Å². The summed E-state index contributed by atoms with van der Waals surface area (Å²) in [5, 5.41) is 0.322. The summed E-state index contributed by atoms with van der Waals surface area (Å²) in [5.74, 6) is -3.23. The summed E-state index contributed by atoms with van der Waals surface area (Å²) in [4.78, 5) is 27.7. The van der Waals surface area contributed by atoms with Gasteiger partial charge in [0.1, 0.15) is 5.75 Å². The number of hydrogen-bond donors (Lipinski definition) is 2. The summed E-state index contributed by atoms with van der Waals surface area (Å²) < 4.78 is 43.7. The molecule has 1 aliphatic rings. The Labute approximate surface area is 207 Å². The molecule has 11 heteroatoms. The monoisotopic (exact) mass is 524 g/mol. The minimum absolute atomic E-state index is 0.0973. The summed E-state index contributed by atoms with van der Waals surface area (Å²) >= 11 is 13.0. The second kappa shape index (κ2) is 9.41. The third kappa shape index (κ3) is 4.67. The number of alkyl halides is 3. The molecule has 4 rings (SSSR count). The normalized spacial score (nSPS) is 16.9. The lowest BCUT2D eigenvalue weighted by Gasteiger charge is -2.27. The van der Waals surface area contributed by atoms with Gasteiger partial charge in [0.05, 0.1) is 5.56 Å². The molecule has 0 bridgehead atoms. The molecule has 35 heavy (non-hydrogen) atoms. The number of nitrogens with two attached hydrogens (primary N) is 1. The van der Waals surface area contributed by atoms with E-state index in [0.717, 1.165) is 5.56 Å². The fourth-order valence-electron chi connectivity index (χ4n) is 3.98. The maximum absolute atomic E-state index is 12.7. The molecule has 1 unspecified atom stereocenters. The van der Waals surface area contributed by atoms with Crippen LogP contribution in [-0.4, -0.2) is 24.6 Å². The maximum Gasteiger partial charge on any atom is 0.493 e. The molecular formula is C24H17Cl2F3N2O4. The predicted octanol–water partition coefficient (Wildman–Crippen LogP) is 5.20. The average molecular weight is 525 g/mol. The molecule has 3 N–H and O–H groups in total. The third-order valence-corrected chi connectivity index (χ3v) is 6.22. The molecule has 0 saturated heterocycles. The van der Waals surface area contributed by atoms with E-state index in [4.69, 9.17) is 33.7 Å². The third-order valence-electron chi connectivity index (χ3n) is 5.59. The second-order valence-corrected chi connectivity index (χ2v) is 8.54. The summed E-state index contributed by atoms with van der Waals surface area (Å²) in [6.45, 7) is 0.131. The van der Waals surface area contributed by atoms with Crippen molar-refractivity contribution in [1.82, 2.24) is 5.48 Å². The van der Waals surface area contributed by atoms with E-state index in [1.807, 2.05) is 30.3 Å². The van der Waals surface area contributed by atoms with Gasteiger partial charge < -0.3 is 15.3 Å². The SMILES string of the molecule is NCC1(c2ccccc2)Cc2c(ccc(Cl)c2-c2c(Cl)cccc2C(=O)NOC(=O)C(F)(F)F)O1. The first-order chi connectivity index (χ1) is 16.6. The van der Waals surface area contributed by atoms with Gasteiger partial charge in [-0.1, -0.05) is 59.6 Å². The molecule has 0 spiro atoms. The van der Waals surface area contributed by atoms with E-state index in [1.54, 1.807) is 12.1 Å². The molecule has 1 aliphatic heterocycles.